The Morgan fingerprint density at radius 2 is 2.25 bits per heavy atom. The third kappa shape index (κ3) is 3.29. The van der Waals surface area contributed by atoms with Gasteiger partial charge in [-0.25, -0.2) is 0 Å². The van der Waals surface area contributed by atoms with Gasteiger partial charge >= 0.3 is 0 Å². The van der Waals surface area contributed by atoms with Crippen LogP contribution in [0.2, 0.25) is 0 Å². The van der Waals surface area contributed by atoms with E-state index in [0.717, 1.165) is 0 Å². The summed E-state index contributed by atoms with van der Waals surface area (Å²) in [7, 11) is 0. The van der Waals surface area contributed by atoms with Crippen LogP contribution in [0.3, 0.4) is 0 Å². The SMILES string of the molecule is O=C(CCl)C[C@@H](O)c1cccc([N+](=O)[O-])c1. The first-order chi connectivity index (χ1) is 7.54. The maximum atomic E-state index is 11.0. The predicted octanol–water partition coefficient (Wildman–Crippen LogP) is 1.83. The van der Waals surface area contributed by atoms with Gasteiger partial charge in [0, 0.05) is 18.6 Å². The van der Waals surface area contributed by atoms with Crippen LogP contribution in [0.1, 0.15) is 18.1 Å². The largest absolute Gasteiger partial charge is 0.388 e. The van der Waals surface area contributed by atoms with Crippen LogP contribution < -0.4 is 0 Å². The number of hydrogen-bond acceptors (Lipinski definition) is 4. The lowest BCUT2D eigenvalue weighted by molar-refractivity contribution is -0.385. The smallest absolute Gasteiger partial charge is 0.269 e. The number of rotatable bonds is 5. The number of alkyl halides is 1. The Hall–Kier alpha value is -1.46. The van der Waals surface area contributed by atoms with Gasteiger partial charge in [-0.15, -0.1) is 11.6 Å². The molecule has 0 spiro atoms. The molecule has 0 heterocycles. The van der Waals surface area contributed by atoms with E-state index < -0.39 is 11.0 Å². The predicted molar refractivity (Wildman–Crippen MR) is 58.4 cm³/mol. The molecule has 0 fully saturated rings. The number of halogens is 1. The number of benzene rings is 1. The van der Waals surface area contributed by atoms with Crippen LogP contribution in [-0.4, -0.2) is 21.7 Å². The molecule has 1 aromatic carbocycles. The van der Waals surface area contributed by atoms with E-state index in [1.54, 1.807) is 0 Å². The van der Waals surface area contributed by atoms with Crippen LogP contribution >= 0.6 is 11.6 Å². The molecule has 0 aromatic heterocycles. The Morgan fingerprint density at radius 3 is 2.81 bits per heavy atom. The van der Waals surface area contributed by atoms with Gasteiger partial charge in [0.1, 0.15) is 0 Å². The average molecular weight is 244 g/mol. The Balaban J connectivity index is 2.83. The highest BCUT2D eigenvalue weighted by atomic mass is 35.5. The van der Waals surface area contributed by atoms with Gasteiger partial charge in [0.25, 0.3) is 5.69 Å². The van der Waals surface area contributed by atoms with Gasteiger partial charge < -0.3 is 5.11 Å². The zero-order chi connectivity index (χ0) is 12.1. The summed E-state index contributed by atoms with van der Waals surface area (Å²) >= 11 is 5.30. The lowest BCUT2D eigenvalue weighted by Crippen LogP contribution is -2.07. The Labute approximate surface area is 96.8 Å². The number of nitro groups is 1. The summed E-state index contributed by atoms with van der Waals surface area (Å²) in [5, 5.41) is 20.1. The summed E-state index contributed by atoms with van der Waals surface area (Å²) in [6.45, 7) is 0. The quantitative estimate of drug-likeness (QED) is 0.486. The molecule has 86 valence electrons. The lowest BCUT2D eigenvalue weighted by Gasteiger charge is -2.08. The number of carbonyl (C=O) groups excluding carboxylic acids is 1. The molecule has 1 N–H and O–H groups in total. The first-order valence-corrected chi connectivity index (χ1v) is 5.08. The van der Waals surface area contributed by atoms with E-state index in [9.17, 15) is 20.0 Å². The van der Waals surface area contributed by atoms with Gasteiger partial charge in [-0.2, -0.15) is 0 Å². The fourth-order valence-electron chi connectivity index (χ4n) is 1.23. The molecule has 0 bridgehead atoms. The van der Waals surface area contributed by atoms with Crippen LogP contribution in [0.4, 0.5) is 5.69 Å². The molecule has 1 aromatic rings. The minimum atomic E-state index is -1.05. The molecule has 1 rings (SSSR count). The molecule has 0 aliphatic rings. The highest BCUT2D eigenvalue weighted by Crippen LogP contribution is 2.21. The Bertz CT molecular complexity index is 408. The van der Waals surface area contributed by atoms with Crippen molar-refractivity contribution in [2.24, 2.45) is 0 Å². The van der Waals surface area contributed by atoms with Crippen molar-refractivity contribution in [1.29, 1.82) is 0 Å². The van der Waals surface area contributed by atoms with E-state index in [4.69, 9.17) is 11.6 Å². The molecule has 0 aliphatic carbocycles. The van der Waals surface area contributed by atoms with Crippen molar-refractivity contribution in [3.05, 3.63) is 39.9 Å². The van der Waals surface area contributed by atoms with Crippen molar-refractivity contribution in [2.75, 3.05) is 5.88 Å². The van der Waals surface area contributed by atoms with Crippen molar-refractivity contribution in [1.82, 2.24) is 0 Å². The molecule has 1 atom stereocenters. The van der Waals surface area contributed by atoms with Crippen LogP contribution in [0.15, 0.2) is 24.3 Å². The van der Waals surface area contributed by atoms with Crippen LogP contribution in [-0.2, 0) is 4.79 Å². The molecule has 0 saturated carbocycles. The van der Waals surface area contributed by atoms with Crippen LogP contribution in [0.25, 0.3) is 0 Å². The first-order valence-electron chi connectivity index (χ1n) is 4.54. The minimum absolute atomic E-state index is 0.116. The van der Waals surface area contributed by atoms with E-state index in [1.165, 1.54) is 24.3 Å². The van der Waals surface area contributed by atoms with Gasteiger partial charge in [0.2, 0.25) is 0 Å². The highest BCUT2D eigenvalue weighted by molar-refractivity contribution is 6.27. The van der Waals surface area contributed by atoms with Crippen molar-refractivity contribution in [2.45, 2.75) is 12.5 Å². The summed E-state index contributed by atoms with van der Waals surface area (Å²) in [5.41, 5.74) is 0.225. The maximum absolute atomic E-state index is 11.0. The summed E-state index contributed by atoms with van der Waals surface area (Å²) < 4.78 is 0. The maximum Gasteiger partial charge on any atom is 0.269 e. The average Bonchev–Trinajstić information content (AvgIpc) is 2.28. The van der Waals surface area contributed by atoms with E-state index in [2.05, 4.69) is 0 Å². The Kier molecular flexibility index (Phi) is 4.39. The molecule has 0 saturated heterocycles. The van der Waals surface area contributed by atoms with Gasteiger partial charge in [-0.05, 0) is 5.56 Å². The summed E-state index contributed by atoms with van der Waals surface area (Å²) in [6, 6.07) is 5.55. The van der Waals surface area contributed by atoms with Crippen LogP contribution in [0, 0.1) is 10.1 Å². The fraction of sp³-hybridized carbons (Fsp3) is 0.300. The van der Waals surface area contributed by atoms with Gasteiger partial charge in [-0.1, -0.05) is 12.1 Å². The van der Waals surface area contributed by atoms with Crippen molar-refractivity contribution in [3.63, 3.8) is 0 Å². The zero-order valence-electron chi connectivity index (χ0n) is 8.30. The summed E-state index contributed by atoms with van der Waals surface area (Å²) in [4.78, 5) is 20.9. The topological polar surface area (TPSA) is 80.4 Å². The van der Waals surface area contributed by atoms with Crippen LogP contribution in [0.5, 0.6) is 0 Å². The number of aliphatic hydroxyl groups excluding tert-OH is 1. The number of aliphatic hydroxyl groups is 1. The molecule has 0 amide bonds. The van der Waals surface area contributed by atoms with Crippen molar-refractivity contribution >= 4 is 23.1 Å². The number of carbonyl (C=O) groups is 1. The van der Waals surface area contributed by atoms with E-state index in [-0.39, 0.29) is 23.8 Å². The standard InChI is InChI=1S/C10H10ClNO4/c11-6-9(13)5-10(14)7-2-1-3-8(4-7)12(15)16/h1-4,10,14H,5-6H2/t10-/m1/s1. The fourth-order valence-corrected chi connectivity index (χ4v) is 1.34. The van der Waals surface area contributed by atoms with Gasteiger partial charge in [0.15, 0.2) is 5.78 Å². The zero-order valence-corrected chi connectivity index (χ0v) is 9.05. The van der Waals surface area contributed by atoms with Gasteiger partial charge in [0.05, 0.1) is 16.9 Å². The van der Waals surface area contributed by atoms with Crippen molar-refractivity contribution < 1.29 is 14.8 Å². The number of non-ortho nitro benzene ring substituents is 1. The third-order valence-electron chi connectivity index (χ3n) is 2.04. The second-order valence-electron chi connectivity index (χ2n) is 3.24. The summed E-state index contributed by atoms with van der Waals surface area (Å²) in [5.74, 6) is -0.480. The van der Waals surface area contributed by atoms with E-state index in [0.29, 0.717) is 5.56 Å². The molecule has 5 nitrogen and oxygen atoms in total. The highest BCUT2D eigenvalue weighted by Gasteiger charge is 2.15. The second kappa shape index (κ2) is 5.58. The summed E-state index contributed by atoms with van der Waals surface area (Å²) in [6.07, 6.45) is -1.18. The number of Topliss-reactive ketones (excluding diaryl/α,β-unsaturated/α-hetero) is 1. The molecular weight excluding hydrogens is 234 g/mol. The minimum Gasteiger partial charge on any atom is -0.388 e. The second-order valence-corrected chi connectivity index (χ2v) is 3.51. The van der Waals surface area contributed by atoms with Crippen molar-refractivity contribution in [3.8, 4) is 0 Å². The monoisotopic (exact) mass is 243 g/mol. The molecule has 16 heavy (non-hydrogen) atoms. The van der Waals surface area contributed by atoms with E-state index in [1.807, 2.05) is 0 Å². The number of nitrogens with zero attached hydrogens (tertiary/aromatic N) is 1. The Morgan fingerprint density at radius 1 is 1.56 bits per heavy atom. The molecule has 0 radical (unpaired) electrons. The first kappa shape index (κ1) is 12.6. The van der Waals surface area contributed by atoms with Gasteiger partial charge in [-0.3, -0.25) is 14.9 Å². The lowest BCUT2D eigenvalue weighted by atomic mass is 10.0. The number of hydrogen-bond donors (Lipinski definition) is 1. The molecule has 0 aliphatic heterocycles. The third-order valence-corrected chi connectivity index (χ3v) is 2.33. The normalized spacial score (nSPS) is 12.1. The van der Waals surface area contributed by atoms with E-state index >= 15 is 0 Å². The number of ketones is 1. The molecular formula is C10H10ClNO4. The molecule has 0 unspecified atom stereocenters. The molecule has 6 heteroatoms. The number of nitro benzene ring substituents is 1.